The summed E-state index contributed by atoms with van der Waals surface area (Å²) in [5, 5.41) is 3.07. The molecule has 3 rings (SSSR count). The van der Waals surface area contributed by atoms with Crippen molar-refractivity contribution in [2.75, 3.05) is 18.0 Å². The molecule has 0 spiro atoms. The molecule has 2 heterocycles. The molecule has 0 bridgehead atoms. The lowest BCUT2D eigenvalue weighted by atomic mass is 9.90. The number of carbonyl (C=O) groups excluding carboxylic acids is 1. The number of pyridine rings is 1. The van der Waals surface area contributed by atoms with Gasteiger partial charge in [0.15, 0.2) is 0 Å². The summed E-state index contributed by atoms with van der Waals surface area (Å²) in [6.45, 7) is 1.28. The van der Waals surface area contributed by atoms with E-state index in [1.54, 1.807) is 0 Å². The first-order chi connectivity index (χ1) is 10.9. The smallest absolute Gasteiger partial charge is 0.357 e. The summed E-state index contributed by atoms with van der Waals surface area (Å²) in [5.41, 5.74) is -0.740. The van der Waals surface area contributed by atoms with Gasteiger partial charge in [0.1, 0.15) is 5.82 Å². The molecule has 0 unspecified atom stereocenters. The molecule has 23 heavy (non-hydrogen) atoms. The average molecular weight is 327 g/mol. The molecular formula is C16H20F3N3O. The van der Waals surface area contributed by atoms with Gasteiger partial charge in [-0.05, 0) is 44.2 Å². The number of carbonyl (C=O) groups is 1. The normalized spacial score (nSPS) is 20.2. The fourth-order valence-electron chi connectivity index (χ4n) is 2.98. The number of nitrogens with one attached hydrogen (secondary N) is 1. The lowest BCUT2D eigenvalue weighted by molar-refractivity contribution is -0.137. The van der Waals surface area contributed by atoms with E-state index in [0.717, 1.165) is 25.1 Å². The molecule has 1 amide bonds. The van der Waals surface area contributed by atoms with Crippen LogP contribution < -0.4 is 10.2 Å². The van der Waals surface area contributed by atoms with Crippen LogP contribution in [0.5, 0.6) is 0 Å². The summed E-state index contributed by atoms with van der Waals surface area (Å²) >= 11 is 0. The van der Waals surface area contributed by atoms with Crippen LogP contribution in [0.1, 0.15) is 37.7 Å². The lowest BCUT2D eigenvalue weighted by Gasteiger charge is -2.34. The van der Waals surface area contributed by atoms with Crippen LogP contribution in [0.15, 0.2) is 18.3 Å². The Labute approximate surface area is 133 Å². The highest BCUT2D eigenvalue weighted by atomic mass is 19.4. The number of halogens is 3. The zero-order valence-electron chi connectivity index (χ0n) is 12.8. The molecule has 0 atom stereocenters. The standard InChI is InChI=1S/C16H20F3N3O/c17-16(18,19)12-4-5-14(20-10-12)22-8-6-11(7-9-22)15(23)21-13-2-1-3-13/h4-5,10-11,13H,1-3,6-9H2,(H,21,23). The zero-order valence-corrected chi connectivity index (χ0v) is 12.8. The van der Waals surface area contributed by atoms with E-state index in [2.05, 4.69) is 10.3 Å². The highest BCUT2D eigenvalue weighted by Crippen LogP contribution is 2.30. The molecule has 4 nitrogen and oxygen atoms in total. The molecule has 1 saturated carbocycles. The van der Waals surface area contributed by atoms with Crippen LogP contribution in [0.2, 0.25) is 0 Å². The minimum absolute atomic E-state index is 0.00120. The van der Waals surface area contributed by atoms with Gasteiger partial charge in [-0.15, -0.1) is 0 Å². The van der Waals surface area contributed by atoms with Crippen LogP contribution in [0.25, 0.3) is 0 Å². The predicted molar refractivity (Wildman–Crippen MR) is 80.0 cm³/mol. The first-order valence-corrected chi connectivity index (χ1v) is 8.02. The second-order valence-corrected chi connectivity index (χ2v) is 6.30. The van der Waals surface area contributed by atoms with E-state index >= 15 is 0 Å². The maximum Gasteiger partial charge on any atom is 0.417 e. The molecule has 1 aromatic heterocycles. The maximum absolute atomic E-state index is 12.5. The minimum Gasteiger partial charge on any atom is -0.357 e. The van der Waals surface area contributed by atoms with Gasteiger partial charge in [-0.1, -0.05) is 0 Å². The van der Waals surface area contributed by atoms with Crippen molar-refractivity contribution in [3.05, 3.63) is 23.9 Å². The fourth-order valence-corrected chi connectivity index (χ4v) is 2.98. The summed E-state index contributed by atoms with van der Waals surface area (Å²) in [6, 6.07) is 2.80. The molecule has 1 aliphatic carbocycles. The summed E-state index contributed by atoms with van der Waals surface area (Å²) in [6.07, 6.45) is 1.24. The van der Waals surface area contributed by atoms with E-state index in [9.17, 15) is 18.0 Å². The number of amides is 1. The largest absolute Gasteiger partial charge is 0.417 e. The number of anilines is 1. The molecular weight excluding hydrogens is 307 g/mol. The first-order valence-electron chi connectivity index (χ1n) is 8.02. The summed E-state index contributed by atoms with van der Waals surface area (Å²) in [4.78, 5) is 18.0. The summed E-state index contributed by atoms with van der Waals surface area (Å²) < 4.78 is 37.6. The van der Waals surface area contributed by atoms with Gasteiger partial charge >= 0.3 is 6.18 Å². The first kappa shape index (κ1) is 16.1. The lowest BCUT2D eigenvalue weighted by Crippen LogP contribution is -2.46. The van der Waals surface area contributed by atoms with Crippen molar-refractivity contribution in [2.45, 2.75) is 44.3 Å². The van der Waals surface area contributed by atoms with Gasteiger partial charge in [0, 0.05) is 31.2 Å². The molecule has 2 fully saturated rings. The van der Waals surface area contributed by atoms with Gasteiger partial charge in [0.25, 0.3) is 0 Å². The van der Waals surface area contributed by atoms with Gasteiger partial charge in [-0.25, -0.2) is 4.98 Å². The average Bonchev–Trinajstić information content (AvgIpc) is 2.50. The van der Waals surface area contributed by atoms with Crippen LogP contribution in [-0.4, -0.2) is 30.0 Å². The fraction of sp³-hybridized carbons (Fsp3) is 0.625. The third-order valence-electron chi connectivity index (χ3n) is 4.72. The van der Waals surface area contributed by atoms with Gasteiger partial charge < -0.3 is 10.2 Å². The number of hydrogen-bond acceptors (Lipinski definition) is 3. The Kier molecular flexibility index (Phi) is 4.46. The third-order valence-corrected chi connectivity index (χ3v) is 4.72. The second kappa shape index (κ2) is 6.37. The molecule has 1 aliphatic heterocycles. The summed E-state index contributed by atoms with van der Waals surface area (Å²) in [7, 11) is 0. The quantitative estimate of drug-likeness (QED) is 0.928. The number of piperidine rings is 1. The molecule has 2 aliphatic rings. The third kappa shape index (κ3) is 3.76. The Morgan fingerprint density at radius 3 is 2.35 bits per heavy atom. The molecule has 1 aromatic rings. The highest BCUT2D eigenvalue weighted by molar-refractivity contribution is 5.79. The maximum atomic E-state index is 12.5. The van der Waals surface area contributed by atoms with Crippen molar-refractivity contribution in [1.29, 1.82) is 0 Å². The van der Waals surface area contributed by atoms with Crippen molar-refractivity contribution in [1.82, 2.24) is 10.3 Å². The molecule has 0 aromatic carbocycles. The molecule has 0 radical (unpaired) electrons. The predicted octanol–water partition coefficient (Wildman–Crippen LogP) is 2.99. The topological polar surface area (TPSA) is 45.2 Å². The number of aromatic nitrogens is 1. The van der Waals surface area contributed by atoms with Crippen molar-refractivity contribution < 1.29 is 18.0 Å². The van der Waals surface area contributed by atoms with Crippen molar-refractivity contribution in [3.63, 3.8) is 0 Å². The molecule has 7 heteroatoms. The van der Waals surface area contributed by atoms with Crippen molar-refractivity contribution >= 4 is 11.7 Å². The molecule has 1 N–H and O–H groups in total. The Balaban J connectivity index is 1.53. The van der Waals surface area contributed by atoms with E-state index in [1.807, 2.05) is 4.90 Å². The highest BCUT2D eigenvalue weighted by Gasteiger charge is 2.32. The van der Waals surface area contributed by atoms with E-state index in [0.29, 0.717) is 37.8 Å². The van der Waals surface area contributed by atoms with Gasteiger partial charge in [-0.3, -0.25) is 4.79 Å². The summed E-state index contributed by atoms with van der Waals surface area (Å²) in [5.74, 6) is 0.659. The van der Waals surface area contributed by atoms with Gasteiger partial charge in [0.2, 0.25) is 5.91 Å². The Morgan fingerprint density at radius 2 is 1.87 bits per heavy atom. The van der Waals surface area contributed by atoms with Gasteiger partial charge in [0.05, 0.1) is 5.56 Å². The second-order valence-electron chi connectivity index (χ2n) is 6.30. The molecule has 126 valence electrons. The van der Waals surface area contributed by atoms with Crippen molar-refractivity contribution in [2.24, 2.45) is 5.92 Å². The Bertz CT molecular complexity index is 547. The van der Waals surface area contributed by atoms with Crippen LogP contribution in [0.4, 0.5) is 19.0 Å². The Hall–Kier alpha value is -1.79. The number of alkyl halides is 3. The van der Waals surface area contributed by atoms with Gasteiger partial charge in [-0.2, -0.15) is 13.2 Å². The number of hydrogen-bond donors (Lipinski definition) is 1. The van der Waals surface area contributed by atoms with E-state index < -0.39 is 11.7 Å². The van der Waals surface area contributed by atoms with Crippen LogP contribution in [0, 0.1) is 5.92 Å². The monoisotopic (exact) mass is 327 g/mol. The van der Waals surface area contributed by atoms with Crippen LogP contribution in [-0.2, 0) is 11.0 Å². The van der Waals surface area contributed by atoms with E-state index in [4.69, 9.17) is 0 Å². The number of rotatable bonds is 3. The molecule has 1 saturated heterocycles. The van der Waals surface area contributed by atoms with E-state index in [1.165, 1.54) is 12.5 Å². The van der Waals surface area contributed by atoms with E-state index in [-0.39, 0.29) is 11.8 Å². The Morgan fingerprint density at radius 1 is 1.17 bits per heavy atom. The zero-order chi connectivity index (χ0) is 16.4. The SMILES string of the molecule is O=C(NC1CCC1)C1CCN(c2ccc(C(F)(F)F)cn2)CC1. The van der Waals surface area contributed by atoms with Crippen LogP contribution >= 0.6 is 0 Å². The van der Waals surface area contributed by atoms with Crippen LogP contribution in [0.3, 0.4) is 0 Å². The minimum atomic E-state index is -4.36. The number of nitrogens with zero attached hydrogens (tertiary/aromatic N) is 2. The van der Waals surface area contributed by atoms with Crippen molar-refractivity contribution in [3.8, 4) is 0 Å².